The standard InChI is InChI=1S/C10H9ClN2O2/c1-2-15-10(14)7-5-8(11)13-4-3-12-9(13)6-7/h3-6H,2H2,1H3. The van der Waals surface area contributed by atoms with Crippen LogP contribution in [0.1, 0.15) is 17.3 Å². The number of pyridine rings is 1. The molecule has 2 rings (SSSR count). The molecule has 2 aromatic rings. The monoisotopic (exact) mass is 224 g/mol. The van der Waals surface area contributed by atoms with Crippen molar-refractivity contribution in [2.75, 3.05) is 6.61 Å². The summed E-state index contributed by atoms with van der Waals surface area (Å²) in [6.45, 7) is 2.10. The van der Waals surface area contributed by atoms with Gasteiger partial charge in [-0.15, -0.1) is 0 Å². The van der Waals surface area contributed by atoms with Gasteiger partial charge in [0.25, 0.3) is 0 Å². The molecule has 5 heteroatoms. The van der Waals surface area contributed by atoms with Gasteiger partial charge in [0.15, 0.2) is 0 Å². The minimum absolute atomic E-state index is 0.343. The minimum Gasteiger partial charge on any atom is -0.462 e. The number of hydrogen-bond donors (Lipinski definition) is 0. The van der Waals surface area contributed by atoms with Gasteiger partial charge in [-0.2, -0.15) is 0 Å². The SMILES string of the molecule is CCOC(=O)c1cc(Cl)n2ccnc2c1. The fourth-order valence-electron chi connectivity index (χ4n) is 1.31. The van der Waals surface area contributed by atoms with E-state index in [9.17, 15) is 4.79 Å². The zero-order valence-electron chi connectivity index (χ0n) is 8.11. The number of carbonyl (C=O) groups excluding carboxylic acids is 1. The third kappa shape index (κ3) is 1.80. The summed E-state index contributed by atoms with van der Waals surface area (Å²) in [6.07, 6.45) is 3.35. The Hall–Kier alpha value is -1.55. The molecule has 0 saturated heterocycles. The highest BCUT2D eigenvalue weighted by Gasteiger charge is 2.10. The molecule has 0 N–H and O–H groups in total. The fourth-order valence-corrected chi connectivity index (χ4v) is 1.57. The summed E-state index contributed by atoms with van der Waals surface area (Å²) in [4.78, 5) is 15.5. The highest BCUT2D eigenvalue weighted by Crippen LogP contribution is 2.15. The second-order valence-corrected chi connectivity index (χ2v) is 3.33. The average Bonchev–Trinajstić information content (AvgIpc) is 2.66. The van der Waals surface area contributed by atoms with E-state index in [1.165, 1.54) is 0 Å². The van der Waals surface area contributed by atoms with Crippen LogP contribution in [-0.4, -0.2) is 22.0 Å². The molecule has 0 aromatic carbocycles. The number of nitrogens with zero attached hydrogens (tertiary/aromatic N) is 2. The van der Waals surface area contributed by atoms with E-state index >= 15 is 0 Å². The molecule has 0 aliphatic carbocycles. The summed E-state index contributed by atoms with van der Waals surface area (Å²) in [5.74, 6) is -0.384. The molecule has 0 radical (unpaired) electrons. The molecule has 2 heterocycles. The van der Waals surface area contributed by atoms with Crippen LogP contribution < -0.4 is 0 Å². The Morgan fingerprint density at radius 2 is 2.40 bits per heavy atom. The maximum absolute atomic E-state index is 11.4. The quantitative estimate of drug-likeness (QED) is 0.580. The van der Waals surface area contributed by atoms with Gasteiger partial charge in [-0.25, -0.2) is 9.78 Å². The lowest BCUT2D eigenvalue weighted by Crippen LogP contribution is -2.05. The molecule has 0 saturated carbocycles. The van der Waals surface area contributed by atoms with E-state index in [0.29, 0.717) is 23.0 Å². The number of hydrogen-bond acceptors (Lipinski definition) is 3. The van der Waals surface area contributed by atoms with Gasteiger partial charge in [0.05, 0.1) is 12.2 Å². The van der Waals surface area contributed by atoms with Crippen LogP contribution in [0.15, 0.2) is 24.5 Å². The summed E-state index contributed by atoms with van der Waals surface area (Å²) in [5, 5.41) is 0.438. The van der Waals surface area contributed by atoms with Gasteiger partial charge >= 0.3 is 5.97 Å². The van der Waals surface area contributed by atoms with E-state index in [4.69, 9.17) is 16.3 Å². The third-order valence-corrected chi connectivity index (χ3v) is 2.26. The first-order valence-electron chi connectivity index (χ1n) is 4.52. The van der Waals surface area contributed by atoms with E-state index in [0.717, 1.165) is 0 Å². The number of halogens is 1. The molecule has 0 atom stereocenters. The maximum Gasteiger partial charge on any atom is 0.338 e. The van der Waals surface area contributed by atoms with E-state index in [1.807, 2.05) is 0 Å². The Balaban J connectivity index is 2.49. The number of ether oxygens (including phenoxy) is 1. The molecular weight excluding hydrogens is 216 g/mol. The number of fused-ring (bicyclic) bond motifs is 1. The van der Waals surface area contributed by atoms with E-state index in [1.54, 1.807) is 35.9 Å². The van der Waals surface area contributed by atoms with Gasteiger partial charge < -0.3 is 4.74 Å². The number of rotatable bonds is 2. The number of aromatic nitrogens is 2. The molecule has 0 spiro atoms. The Morgan fingerprint density at radius 1 is 1.60 bits per heavy atom. The van der Waals surface area contributed by atoms with E-state index in [-0.39, 0.29) is 5.97 Å². The predicted octanol–water partition coefficient (Wildman–Crippen LogP) is 2.16. The van der Waals surface area contributed by atoms with Crippen LogP contribution >= 0.6 is 11.6 Å². The normalized spacial score (nSPS) is 10.5. The van der Waals surface area contributed by atoms with Crippen molar-refractivity contribution in [1.29, 1.82) is 0 Å². The van der Waals surface area contributed by atoms with Crippen LogP contribution in [0.5, 0.6) is 0 Å². The van der Waals surface area contributed by atoms with Gasteiger partial charge in [0, 0.05) is 12.4 Å². The van der Waals surface area contributed by atoms with Crippen molar-refractivity contribution in [1.82, 2.24) is 9.38 Å². The summed E-state index contributed by atoms with van der Waals surface area (Å²) in [5.41, 5.74) is 1.05. The Morgan fingerprint density at radius 3 is 3.13 bits per heavy atom. The minimum atomic E-state index is -0.384. The third-order valence-electron chi connectivity index (χ3n) is 1.97. The van der Waals surface area contributed by atoms with Crippen LogP contribution in [0.3, 0.4) is 0 Å². The highest BCUT2D eigenvalue weighted by atomic mass is 35.5. The molecule has 0 amide bonds. The molecule has 15 heavy (non-hydrogen) atoms. The topological polar surface area (TPSA) is 43.6 Å². The van der Waals surface area contributed by atoms with Crippen molar-refractivity contribution in [3.63, 3.8) is 0 Å². The number of imidazole rings is 1. The first-order valence-corrected chi connectivity index (χ1v) is 4.90. The van der Waals surface area contributed by atoms with E-state index in [2.05, 4.69) is 4.98 Å². The Kier molecular flexibility index (Phi) is 2.60. The van der Waals surface area contributed by atoms with Crippen LogP contribution in [0.25, 0.3) is 5.65 Å². The van der Waals surface area contributed by atoms with Crippen LogP contribution in [0.2, 0.25) is 5.15 Å². The number of esters is 1. The van der Waals surface area contributed by atoms with Gasteiger partial charge in [-0.1, -0.05) is 11.6 Å². The summed E-state index contributed by atoms with van der Waals surface area (Å²) in [6, 6.07) is 3.21. The van der Waals surface area contributed by atoms with Gasteiger partial charge in [-0.3, -0.25) is 4.40 Å². The second-order valence-electron chi connectivity index (χ2n) is 2.94. The van der Waals surface area contributed by atoms with E-state index < -0.39 is 0 Å². The zero-order chi connectivity index (χ0) is 10.8. The van der Waals surface area contributed by atoms with Crippen molar-refractivity contribution in [3.05, 3.63) is 35.2 Å². The maximum atomic E-state index is 11.4. The lowest BCUT2D eigenvalue weighted by atomic mass is 10.2. The van der Waals surface area contributed by atoms with Gasteiger partial charge in [0.1, 0.15) is 10.8 Å². The molecular formula is C10H9ClN2O2. The largest absolute Gasteiger partial charge is 0.462 e. The first-order chi connectivity index (χ1) is 7.22. The average molecular weight is 225 g/mol. The second kappa shape index (κ2) is 3.90. The zero-order valence-corrected chi connectivity index (χ0v) is 8.86. The Bertz CT molecular complexity index is 507. The highest BCUT2D eigenvalue weighted by molar-refractivity contribution is 6.30. The molecule has 0 bridgehead atoms. The van der Waals surface area contributed by atoms with Gasteiger partial charge in [-0.05, 0) is 19.1 Å². The molecule has 78 valence electrons. The summed E-state index contributed by atoms with van der Waals surface area (Å²) >= 11 is 5.96. The van der Waals surface area contributed by atoms with Crippen molar-refractivity contribution in [2.45, 2.75) is 6.92 Å². The first kappa shape index (κ1) is 9.98. The summed E-state index contributed by atoms with van der Waals surface area (Å²) in [7, 11) is 0. The lowest BCUT2D eigenvalue weighted by Gasteiger charge is -2.03. The fraction of sp³-hybridized carbons (Fsp3) is 0.200. The molecule has 0 aliphatic heterocycles. The molecule has 2 aromatic heterocycles. The van der Waals surface area contributed by atoms with Gasteiger partial charge in [0.2, 0.25) is 0 Å². The predicted molar refractivity (Wildman–Crippen MR) is 56.2 cm³/mol. The molecule has 0 fully saturated rings. The van der Waals surface area contributed by atoms with Crippen molar-refractivity contribution < 1.29 is 9.53 Å². The molecule has 0 aliphatic rings. The summed E-state index contributed by atoms with van der Waals surface area (Å²) < 4.78 is 6.56. The van der Waals surface area contributed by atoms with Crippen molar-refractivity contribution in [2.24, 2.45) is 0 Å². The molecule has 0 unspecified atom stereocenters. The van der Waals surface area contributed by atoms with Crippen LogP contribution in [-0.2, 0) is 4.74 Å². The number of carbonyl (C=O) groups is 1. The smallest absolute Gasteiger partial charge is 0.338 e. The van der Waals surface area contributed by atoms with Crippen LogP contribution in [0.4, 0.5) is 0 Å². The van der Waals surface area contributed by atoms with Crippen molar-refractivity contribution >= 4 is 23.2 Å². The molecule has 4 nitrogen and oxygen atoms in total. The lowest BCUT2D eigenvalue weighted by molar-refractivity contribution is 0.0526. The van der Waals surface area contributed by atoms with Crippen molar-refractivity contribution in [3.8, 4) is 0 Å². The Labute approximate surface area is 91.4 Å². The van der Waals surface area contributed by atoms with Crippen LogP contribution in [0, 0.1) is 0 Å².